The second-order valence-corrected chi connectivity index (χ2v) is 5.01. The Morgan fingerprint density at radius 1 is 1.35 bits per heavy atom. The lowest BCUT2D eigenvalue weighted by molar-refractivity contribution is -0.137. The number of rotatable bonds is 2. The van der Waals surface area contributed by atoms with Crippen molar-refractivity contribution in [2.75, 3.05) is 6.54 Å². The smallest absolute Gasteiger partial charge is 0.348 e. The van der Waals surface area contributed by atoms with Crippen LogP contribution in [0.2, 0.25) is 0 Å². The molecule has 3 nitrogen and oxygen atoms in total. The maximum Gasteiger partial charge on any atom is 0.417 e. The number of halogens is 3. The van der Waals surface area contributed by atoms with Gasteiger partial charge in [0, 0.05) is 12.1 Å². The molecule has 2 unspecified atom stereocenters. The topological polar surface area (TPSA) is 41.1 Å². The number of carbonyl (C=O) groups excluding carboxylic acids is 1. The summed E-state index contributed by atoms with van der Waals surface area (Å²) in [5.74, 6) is -0.668. The molecule has 0 aliphatic carbocycles. The third kappa shape index (κ3) is 3.30. The summed E-state index contributed by atoms with van der Waals surface area (Å²) in [4.78, 5) is 12.1. The molecule has 2 rings (SSSR count). The minimum absolute atomic E-state index is 0.0609. The number of amides is 1. The van der Waals surface area contributed by atoms with Crippen molar-refractivity contribution in [2.24, 2.45) is 0 Å². The summed E-state index contributed by atoms with van der Waals surface area (Å²) in [6, 6.07) is 4.77. The van der Waals surface area contributed by atoms with Gasteiger partial charge in [0.05, 0.1) is 11.1 Å². The maximum atomic E-state index is 12.9. The Morgan fingerprint density at radius 2 is 2.05 bits per heavy atom. The standard InChI is InChI=1S/C14H17F3N2O/c1-9-12(7-4-8-18-9)19-13(20)10-5-2-3-6-11(10)14(15,16)17/h2-3,5-6,9,12,18H,4,7-8H2,1H3,(H,19,20). The second kappa shape index (κ2) is 5.83. The van der Waals surface area contributed by atoms with E-state index in [1.807, 2.05) is 6.92 Å². The minimum Gasteiger partial charge on any atom is -0.348 e. The quantitative estimate of drug-likeness (QED) is 0.877. The number of alkyl halides is 3. The summed E-state index contributed by atoms with van der Waals surface area (Å²) < 4.78 is 38.6. The highest BCUT2D eigenvalue weighted by Gasteiger charge is 2.35. The van der Waals surface area contributed by atoms with Crippen LogP contribution in [0.3, 0.4) is 0 Å². The number of hydrogen-bond donors (Lipinski definition) is 2. The van der Waals surface area contributed by atoms with Crippen LogP contribution in [0, 0.1) is 0 Å². The van der Waals surface area contributed by atoms with Crippen LogP contribution in [0.25, 0.3) is 0 Å². The predicted octanol–water partition coefficient (Wildman–Crippen LogP) is 2.58. The van der Waals surface area contributed by atoms with Crippen molar-refractivity contribution in [3.05, 3.63) is 35.4 Å². The maximum absolute atomic E-state index is 12.9. The Kier molecular flexibility index (Phi) is 4.32. The summed E-state index contributed by atoms with van der Waals surface area (Å²) in [5, 5.41) is 5.89. The summed E-state index contributed by atoms with van der Waals surface area (Å²) >= 11 is 0. The third-order valence-electron chi connectivity index (χ3n) is 3.56. The van der Waals surface area contributed by atoms with Crippen molar-refractivity contribution in [3.63, 3.8) is 0 Å². The van der Waals surface area contributed by atoms with Gasteiger partial charge in [-0.2, -0.15) is 13.2 Å². The molecule has 0 spiro atoms. The zero-order valence-electron chi connectivity index (χ0n) is 11.1. The van der Waals surface area contributed by atoms with Crippen LogP contribution in [-0.4, -0.2) is 24.5 Å². The highest BCUT2D eigenvalue weighted by Crippen LogP contribution is 2.31. The van der Waals surface area contributed by atoms with Gasteiger partial charge in [-0.25, -0.2) is 0 Å². The van der Waals surface area contributed by atoms with Gasteiger partial charge >= 0.3 is 6.18 Å². The SMILES string of the molecule is CC1NCCCC1NC(=O)c1ccccc1C(F)(F)F. The molecule has 1 amide bonds. The van der Waals surface area contributed by atoms with Gasteiger partial charge in [-0.15, -0.1) is 0 Å². The Balaban J connectivity index is 2.17. The molecule has 1 aromatic carbocycles. The third-order valence-corrected chi connectivity index (χ3v) is 3.56. The van der Waals surface area contributed by atoms with Crippen molar-refractivity contribution >= 4 is 5.91 Å². The van der Waals surface area contributed by atoms with Crippen LogP contribution in [0.5, 0.6) is 0 Å². The molecule has 1 fully saturated rings. The number of piperidine rings is 1. The molecular weight excluding hydrogens is 269 g/mol. The predicted molar refractivity (Wildman–Crippen MR) is 69.4 cm³/mol. The van der Waals surface area contributed by atoms with E-state index in [9.17, 15) is 18.0 Å². The van der Waals surface area contributed by atoms with Gasteiger partial charge in [-0.1, -0.05) is 12.1 Å². The highest BCUT2D eigenvalue weighted by molar-refractivity contribution is 5.96. The van der Waals surface area contributed by atoms with E-state index in [4.69, 9.17) is 0 Å². The molecule has 0 aromatic heterocycles. The molecule has 20 heavy (non-hydrogen) atoms. The van der Waals surface area contributed by atoms with Gasteiger partial charge in [-0.05, 0) is 38.4 Å². The van der Waals surface area contributed by atoms with Crippen LogP contribution < -0.4 is 10.6 Å². The molecular formula is C14H17F3N2O. The van der Waals surface area contributed by atoms with E-state index in [0.717, 1.165) is 25.5 Å². The van der Waals surface area contributed by atoms with E-state index in [0.29, 0.717) is 0 Å². The average molecular weight is 286 g/mol. The van der Waals surface area contributed by atoms with E-state index >= 15 is 0 Å². The molecule has 1 heterocycles. The molecule has 110 valence electrons. The molecule has 0 radical (unpaired) electrons. The van der Waals surface area contributed by atoms with Crippen LogP contribution in [0.1, 0.15) is 35.7 Å². The van der Waals surface area contributed by atoms with Gasteiger partial charge in [0.1, 0.15) is 0 Å². The highest BCUT2D eigenvalue weighted by atomic mass is 19.4. The molecule has 0 saturated carbocycles. The van der Waals surface area contributed by atoms with Crippen molar-refractivity contribution in [1.29, 1.82) is 0 Å². The van der Waals surface area contributed by atoms with Crippen molar-refractivity contribution in [2.45, 2.75) is 38.0 Å². The lowest BCUT2D eigenvalue weighted by Gasteiger charge is -2.30. The van der Waals surface area contributed by atoms with Crippen molar-refractivity contribution in [1.82, 2.24) is 10.6 Å². The fraction of sp³-hybridized carbons (Fsp3) is 0.500. The average Bonchev–Trinajstić information content (AvgIpc) is 2.40. The van der Waals surface area contributed by atoms with Crippen LogP contribution in [0.15, 0.2) is 24.3 Å². The molecule has 1 saturated heterocycles. The normalized spacial score (nSPS) is 23.4. The van der Waals surface area contributed by atoms with Gasteiger partial charge in [0.15, 0.2) is 0 Å². The molecule has 1 aromatic rings. The summed E-state index contributed by atoms with van der Waals surface area (Å²) in [5.41, 5.74) is -1.22. The van der Waals surface area contributed by atoms with Crippen molar-refractivity contribution in [3.8, 4) is 0 Å². The Labute approximate surface area is 115 Å². The van der Waals surface area contributed by atoms with Gasteiger partial charge in [-0.3, -0.25) is 4.79 Å². The first kappa shape index (κ1) is 14.8. The fourth-order valence-electron chi connectivity index (χ4n) is 2.42. The first-order valence-electron chi connectivity index (χ1n) is 6.60. The molecule has 2 atom stereocenters. The first-order valence-corrected chi connectivity index (χ1v) is 6.60. The largest absolute Gasteiger partial charge is 0.417 e. The lowest BCUT2D eigenvalue weighted by atomic mass is 9.98. The molecule has 6 heteroatoms. The summed E-state index contributed by atoms with van der Waals surface area (Å²) in [7, 11) is 0. The summed E-state index contributed by atoms with van der Waals surface area (Å²) in [6.07, 6.45) is -2.85. The molecule has 1 aliphatic heterocycles. The van der Waals surface area contributed by atoms with E-state index in [1.165, 1.54) is 18.2 Å². The van der Waals surface area contributed by atoms with E-state index in [1.54, 1.807) is 0 Å². The van der Waals surface area contributed by atoms with Crippen LogP contribution >= 0.6 is 0 Å². The Hall–Kier alpha value is -1.56. The van der Waals surface area contributed by atoms with E-state index in [2.05, 4.69) is 10.6 Å². The monoisotopic (exact) mass is 286 g/mol. The molecule has 2 N–H and O–H groups in total. The van der Waals surface area contributed by atoms with Crippen LogP contribution in [-0.2, 0) is 6.18 Å². The lowest BCUT2D eigenvalue weighted by Crippen LogP contribution is -2.52. The summed E-state index contributed by atoms with van der Waals surface area (Å²) in [6.45, 7) is 2.78. The number of benzene rings is 1. The van der Waals surface area contributed by atoms with E-state index in [-0.39, 0.29) is 17.6 Å². The minimum atomic E-state index is -4.52. The molecule has 1 aliphatic rings. The Morgan fingerprint density at radius 3 is 2.70 bits per heavy atom. The molecule has 0 bridgehead atoms. The number of carbonyl (C=O) groups is 1. The second-order valence-electron chi connectivity index (χ2n) is 5.01. The first-order chi connectivity index (χ1) is 9.39. The van der Waals surface area contributed by atoms with Gasteiger partial charge < -0.3 is 10.6 Å². The number of nitrogens with one attached hydrogen (secondary N) is 2. The van der Waals surface area contributed by atoms with Crippen LogP contribution in [0.4, 0.5) is 13.2 Å². The van der Waals surface area contributed by atoms with Crippen molar-refractivity contribution < 1.29 is 18.0 Å². The zero-order valence-corrected chi connectivity index (χ0v) is 11.1. The van der Waals surface area contributed by atoms with Gasteiger partial charge in [0.25, 0.3) is 5.91 Å². The zero-order chi connectivity index (χ0) is 14.8. The van der Waals surface area contributed by atoms with E-state index < -0.39 is 17.6 Å². The fourth-order valence-corrected chi connectivity index (χ4v) is 2.42. The Bertz CT molecular complexity index is 488. The van der Waals surface area contributed by atoms with Gasteiger partial charge in [0.2, 0.25) is 0 Å². The number of hydrogen-bond acceptors (Lipinski definition) is 2.